The zero-order valence-corrected chi connectivity index (χ0v) is 19.5. The van der Waals surface area contributed by atoms with Gasteiger partial charge in [0.15, 0.2) is 9.90 Å². The number of thiazole rings is 1. The molecule has 0 aliphatic carbocycles. The summed E-state index contributed by atoms with van der Waals surface area (Å²) in [6.45, 7) is 0.514. The summed E-state index contributed by atoms with van der Waals surface area (Å²) in [5, 5.41) is 4.02. The van der Waals surface area contributed by atoms with Gasteiger partial charge in [-0.05, 0) is 54.9 Å². The van der Waals surface area contributed by atoms with Crippen LogP contribution in [0.3, 0.4) is 0 Å². The van der Waals surface area contributed by atoms with Crippen LogP contribution in [0.25, 0.3) is 10.9 Å². The Morgan fingerprint density at radius 3 is 2.73 bits per heavy atom. The van der Waals surface area contributed by atoms with Crippen molar-refractivity contribution in [1.82, 2.24) is 14.5 Å². The van der Waals surface area contributed by atoms with Crippen LogP contribution in [0.4, 0.5) is 9.52 Å². The van der Waals surface area contributed by atoms with Crippen molar-refractivity contribution in [3.8, 4) is 0 Å². The predicted octanol–water partition coefficient (Wildman–Crippen LogP) is 5.44. The highest BCUT2D eigenvalue weighted by molar-refractivity contribution is 7.71. The monoisotopic (exact) mass is 482 g/mol. The number of carbonyl (C=O) groups excluding carboxylic acids is 1. The van der Waals surface area contributed by atoms with Crippen LogP contribution in [0, 0.1) is 10.6 Å². The summed E-state index contributed by atoms with van der Waals surface area (Å²) in [6.07, 6.45) is 5.01. The van der Waals surface area contributed by atoms with Gasteiger partial charge in [-0.2, -0.15) is 0 Å². The molecule has 0 aliphatic rings. The molecule has 33 heavy (non-hydrogen) atoms. The van der Waals surface area contributed by atoms with Gasteiger partial charge in [0, 0.05) is 30.5 Å². The fraction of sp³-hybridized carbons (Fsp3) is 0.250. The fourth-order valence-electron chi connectivity index (χ4n) is 3.57. The molecule has 2 N–H and O–H groups in total. The Hall–Kier alpha value is -3.17. The molecule has 4 aromatic rings. The van der Waals surface area contributed by atoms with E-state index < -0.39 is 0 Å². The summed E-state index contributed by atoms with van der Waals surface area (Å²) in [4.78, 5) is 33.2. The molecule has 2 aromatic carbocycles. The Balaban J connectivity index is 1.22. The number of aromatic amines is 1. The molecule has 0 aliphatic heterocycles. The molecule has 9 heteroatoms. The SMILES string of the molecule is O=C(CCCCCn1c(=S)[nH]c2ccccc2c1=O)Nc1ncc(Cc2ccc(F)cc2)s1. The van der Waals surface area contributed by atoms with Crippen molar-refractivity contribution in [2.75, 3.05) is 5.32 Å². The van der Waals surface area contributed by atoms with Gasteiger partial charge in [-0.15, -0.1) is 11.3 Å². The van der Waals surface area contributed by atoms with E-state index in [1.807, 2.05) is 18.2 Å². The van der Waals surface area contributed by atoms with E-state index in [0.717, 1.165) is 28.8 Å². The van der Waals surface area contributed by atoms with E-state index in [1.165, 1.54) is 23.5 Å². The van der Waals surface area contributed by atoms with Crippen LogP contribution in [-0.2, 0) is 17.8 Å². The number of amides is 1. The van der Waals surface area contributed by atoms with Crippen LogP contribution in [-0.4, -0.2) is 20.4 Å². The van der Waals surface area contributed by atoms with Crippen LogP contribution in [0.15, 0.2) is 59.5 Å². The minimum Gasteiger partial charge on any atom is -0.332 e. The highest BCUT2D eigenvalue weighted by atomic mass is 32.1. The summed E-state index contributed by atoms with van der Waals surface area (Å²) >= 11 is 6.74. The average molecular weight is 483 g/mol. The first-order chi connectivity index (χ1) is 16.0. The Morgan fingerprint density at radius 2 is 1.91 bits per heavy atom. The highest BCUT2D eigenvalue weighted by Crippen LogP contribution is 2.21. The highest BCUT2D eigenvalue weighted by Gasteiger charge is 2.09. The number of aromatic nitrogens is 3. The third-order valence-corrected chi connectivity index (χ3v) is 6.50. The second-order valence-corrected chi connectivity index (χ2v) is 9.23. The molecule has 0 bridgehead atoms. The summed E-state index contributed by atoms with van der Waals surface area (Å²) in [5.41, 5.74) is 1.64. The third-order valence-electron chi connectivity index (χ3n) is 5.27. The number of benzene rings is 2. The Morgan fingerprint density at radius 1 is 1.12 bits per heavy atom. The lowest BCUT2D eigenvalue weighted by Crippen LogP contribution is -2.22. The number of H-pyrrole nitrogens is 1. The molecule has 0 atom stereocenters. The number of unbranched alkanes of at least 4 members (excludes halogenated alkanes) is 2. The van der Waals surface area contributed by atoms with E-state index in [1.54, 1.807) is 29.0 Å². The van der Waals surface area contributed by atoms with Gasteiger partial charge in [0.25, 0.3) is 5.56 Å². The smallest absolute Gasteiger partial charge is 0.262 e. The second-order valence-electron chi connectivity index (χ2n) is 7.73. The van der Waals surface area contributed by atoms with Crippen LogP contribution < -0.4 is 10.9 Å². The molecule has 0 radical (unpaired) electrons. The molecule has 0 saturated carbocycles. The number of anilines is 1. The summed E-state index contributed by atoms with van der Waals surface area (Å²) < 4.78 is 15.0. The van der Waals surface area contributed by atoms with Crippen molar-refractivity contribution < 1.29 is 9.18 Å². The van der Waals surface area contributed by atoms with Gasteiger partial charge >= 0.3 is 0 Å². The number of para-hydroxylation sites is 1. The number of nitrogens with zero attached hydrogens (tertiary/aromatic N) is 2. The molecule has 0 unspecified atom stereocenters. The number of hydrogen-bond donors (Lipinski definition) is 2. The lowest BCUT2D eigenvalue weighted by Gasteiger charge is -2.08. The third kappa shape index (κ3) is 6.00. The van der Waals surface area contributed by atoms with Gasteiger partial charge in [0.1, 0.15) is 5.82 Å². The minimum atomic E-state index is -0.261. The standard InChI is InChI=1S/C24H23FN4O2S2/c25-17-11-9-16(10-12-17)14-18-15-26-23(33-18)28-21(30)8-2-1-5-13-29-22(31)19-6-3-4-7-20(19)27-24(29)32/h3-4,6-7,9-12,15H,1-2,5,8,13-14H2,(H,27,32)(H,26,28,30). The maximum absolute atomic E-state index is 13.0. The van der Waals surface area contributed by atoms with E-state index in [4.69, 9.17) is 12.2 Å². The normalized spacial score (nSPS) is 11.1. The van der Waals surface area contributed by atoms with Crippen molar-refractivity contribution >= 4 is 45.5 Å². The number of fused-ring (bicyclic) bond motifs is 1. The Bertz CT molecular complexity index is 1380. The van der Waals surface area contributed by atoms with E-state index in [0.29, 0.717) is 41.1 Å². The van der Waals surface area contributed by atoms with Crippen molar-refractivity contribution in [3.63, 3.8) is 0 Å². The maximum Gasteiger partial charge on any atom is 0.262 e. The van der Waals surface area contributed by atoms with E-state index in [2.05, 4.69) is 15.3 Å². The summed E-state index contributed by atoms with van der Waals surface area (Å²) in [5.74, 6) is -0.346. The van der Waals surface area contributed by atoms with E-state index in [-0.39, 0.29) is 17.3 Å². The van der Waals surface area contributed by atoms with Crippen LogP contribution in [0.5, 0.6) is 0 Å². The Labute approximate surface area is 199 Å². The van der Waals surface area contributed by atoms with Crippen molar-refractivity contribution in [2.45, 2.75) is 38.6 Å². The maximum atomic E-state index is 13.0. The van der Waals surface area contributed by atoms with Crippen molar-refractivity contribution in [2.24, 2.45) is 0 Å². The number of carbonyl (C=O) groups is 1. The van der Waals surface area contributed by atoms with Crippen molar-refractivity contribution in [3.05, 3.63) is 86.1 Å². The van der Waals surface area contributed by atoms with Gasteiger partial charge in [-0.25, -0.2) is 9.37 Å². The first kappa shape index (κ1) is 23.0. The van der Waals surface area contributed by atoms with E-state index in [9.17, 15) is 14.0 Å². The minimum absolute atomic E-state index is 0.0853. The summed E-state index contributed by atoms with van der Waals surface area (Å²) in [6, 6.07) is 13.7. The number of rotatable bonds is 9. The van der Waals surface area contributed by atoms with Gasteiger partial charge in [-0.3, -0.25) is 14.2 Å². The van der Waals surface area contributed by atoms with E-state index >= 15 is 0 Å². The lowest BCUT2D eigenvalue weighted by atomic mass is 10.1. The first-order valence-corrected chi connectivity index (χ1v) is 11.9. The molecule has 0 fully saturated rings. The van der Waals surface area contributed by atoms with Crippen LogP contribution in [0.1, 0.15) is 36.1 Å². The fourth-order valence-corrected chi connectivity index (χ4v) is 4.71. The molecule has 2 aromatic heterocycles. The molecule has 4 rings (SSSR count). The zero-order chi connectivity index (χ0) is 23.2. The number of nitrogens with one attached hydrogen (secondary N) is 2. The molecule has 170 valence electrons. The van der Waals surface area contributed by atoms with Gasteiger partial charge in [0.2, 0.25) is 5.91 Å². The van der Waals surface area contributed by atoms with Gasteiger partial charge in [-0.1, -0.05) is 30.7 Å². The average Bonchev–Trinajstić information content (AvgIpc) is 3.23. The summed E-state index contributed by atoms with van der Waals surface area (Å²) in [7, 11) is 0. The number of halogens is 1. The predicted molar refractivity (Wildman–Crippen MR) is 132 cm³/mol. The molecule has 0 saturated heterocycles. The quantitative estimate of drug-likeness (QED) is 0.246. The molecule has 6 nitrogen and oxygen atoms in total. The number of hydrogen-bond acceptors (Lipinski definition) is 5. The molecule has 0 spiro atoms. The second kappa shape index (κ2) is 10.6. The van der Waals surface area contributed by atoms with Crippen molar-refractivity contribution in [1.29, 1.82) is 0 Å². The first-order valence-electron chi connectivity index (χ1n) is 10.7. The van der Waals surface area contributed by atoms with Gasteiger partial charge < -0.3 is 10.3 Å². The Kier molecular flexibility index (Phi) is 7.41. The largest absolute Gasteiger partial charge is 0.332 e. The molecule has 1 amide bonds. The topological polar surface area (TPSA) is 79.8 Å². The van der Waals surface area contributed by atoms with Crippen LogP contribution in [0.2, 0.25) is 0 Å². The lowest BCUT2D eigenvalue weighted by molar-refractivity contribution is -0.116. The zero-order valence-electron chi connectivity index (χ0n) is 17.8. The van der Waals surface area contributed by atoms with Gasteiger partial charge in [0.05, 0.1) is 10.9 Å². The molecule has 2 heterocycles. The van der Waals surface area contributed by atoms with Crippen LogP contribution >= 0.6 is 23.6 Å². The molecular formula is C24H23FN4O2S2. The molecular weight excluding hydrogens is 459 g/mol.